The van der Waals surface area contributed by atoms with Crippen molar-refractivity contribution in [3.05, 3.63) is 20.2 Å². The van der Waals surface area contributed by atoms with E-state index >= 15 is 0 Å². The molecule has 0 aliphatic heterocycles. The summed E-state index contributed by atoms with van der Waals surface area (Å²) in [6, 6.07) is 0. The van der Waals surface area contributed by atoms with Crippen LogP contribution in [0.1, 0.15) is 13.3 Å². The third-order valence-corrected chi connectivity index (χ3v) is 1.55. The van der Waals surface area contributed by atoms with Crippen molar-refractivity contribution in [2.24, 2.45) is 4.99 Å². The maximum atomic E-state index is 10.3. The van der Waals surface area contributed by atoms with Gasteiger partial charge < -0.3 is 0 Å². The van der Waals surface area contributed by atoms with Crippen LogP contribution in [0, 0.1) is 20.2 Å². The molecular formula is C5H7N3O5. The van der Waals surface area contributed by atoms with Crippen molar-refractivity contribution in [3.63, 3.8) is 0 Å². The lowest BCUT2D eigenvalue weighted by Gasteiger charge is -2.09. The fourth-order valence-electron chi connectivity index (χ4n) is 0.563. The Bertz CT molecular complexity index is 255. The summed E-state index contributed by atoms with van der Waals surface area (Å²) in [6.45, 7) is 0.593. The van der Waals surface area contributed by atoms with Crippen LogP contribution in [0.25, 0.3) is 0 Å². The smallest absolute Gasteiger partial charge is 0.258 e. The number of rotatable bonds is 5. The average molecular weight is 189 g/mol. The van der Waals surface area contributed by atoms with Gasteiger partial charge in [-0.15, -0.1) is 0 Å². The summed E-state index contributed by atoms with van der Waals surface area (Å²) in [5.74, 6) is 0. The van der Waals surface area contributed by atoms with E-state index in [1.54, 1.807) is 0 Å². The number of hydrogen-bond donors (Lipinski definition) is 0. The van der Waals surface area contributed by atoms with Crippen LogP contribution < -0.4 is 0 Å². The SMILES string of the molecule is CC(CCN=C=O)([N+](=O)[O-])[N+](=O)[O-]. The third kappa shape index (κ3) is 2.60. The molecule has 0 bridgehead atoms. The van der Waals surface area contributed by atoms with Crippen LogP contribution >= 0.6 is 0 Å². The highest BCUT2D eigenvalue weighted by molar-refractivity contribution is 5.32. The summed E-state index contributed by atoms with van der Waals surface area (Å²) in [7, 11) is 0. The van der Waals surface area contributed by atoms with Gasteiger partial charge in [-0.2, -0.15) is 0 Å². The Morgan fingerprint density at radius 2 is 1.85 bits per heavy atom. The molecule has 0 N–H and O–H groups in total. The van der Waals surface area contributed by atoms with Crippen molar-refractivity contribution in [2.75, 3.05) is 6.54 Å². The molecule has 13 heavy (non-hydrogen) atoms. The molecule has 0 aliphatic carbocycles. The second-order valence-electron chi connectivity index (χ2n) is 2.45. The van der Waals surface area contributed by atoms with Crippen molar-refractivity contribution < 1.29 is 14.6 Å². The first-order valence-electron chi connectivity index (χ1n) is 3.28. The van der Waals surface area contributed by atoms with Gasteiger partial charge in [0, 0.05) is 0 Å². The molecule has 72 valence electrons. The highest BCUT2D eigenvalue weighted by atomic mass is 16.7. The number of nitro groups is 2. The van der Waals surface area contributed by atoms with E-state index in [-0.39, 0.29) is 6.54 Å². The molecule has 0 saturated heterocycles. The Labute approximate surface area is 72.6 Å². The minimum absolute atomic E-state index is 0.276. The minimum atomic E-state index is -2.28. The topological polar surface area (TPSA) is 116 Å². The molecule has 0 amide bonds. The number of carbonyl (C=O) groups excluding carboxylic acids is 1. The lowest BCUT2D eigenvalue weighted by atomic mass is 10.1. The quantitative estimate of drug-likeness (QED) is 0.198. The lowest BCUT2D eigenvalue weighted by molar-refractivity contribution is -0.792. The van der Waals surface area contributed by atoms with Crippen molar-refractivity contribution in [1.29, 1.82) is 0 Å². The normalized spacial score (nSPS) is 10.2. The van der Waals surface area contributed by atoms with Gasteiger partial charge in [0.2, 0.25) is 6.08 Å². The van der Waals surface area contributed by atoms with Gasteiger partial charge in [0.1, 0.15) is 6.42 Å². The van der Waals surface area contributed by atoms with Crippen molar-refractivity contribution in [2.45, 2.75) is 19.0 Å². The van der Waals surface area contributed by atoms with Gasteiger partial charge in [-0.1, -0.05) is 0 Å². The van der Waals surface area contributed by atoms with Gasteiger partial charge >= 0.3 is 5.66 Å². The number of isocyanates is 1. The first kappa shape index (κ1) is 11.2. The fourth-order valence-corrected chi connectivity index (χ4v) is 0.563. The zero-order valence-electron chi connectivity index (χ0n) is 6.80. The molecule has 0 atom stereocenters. The Balaban J connectivity index is 4.52. The first-order valence-corrected chi connectivity index (χ1v) is 3.28. The molecule has 0 aromatic rings. The summed E-state index contributed by atoms with van der Waals surface area (Å²) in [6.07, 6.45) is 0.720. The summed E-state index contributed by atoms with van der Waals surface area (Å²) >= 11 is 0. The van der Waals surface area contributed by atoms with E-state index in [1.165, 1.54) is 0 Å². The van der Waals surface area contributed by atoms with E-state index in [2.05, 4.69) is 4.99 Å². The van der Waals surface area contributed by atoms with E-state index in [9.17, 15) is 25.0 Å². The molecule has 0 fully saturated rings. The summed E-state index contributed by atoms with van der Waals surface area (Å²) in [5, 5.41) is 20.6. The van der Waals surface area contributed by atoms with Crippen LogP contribution in [0.2, 0.25) is 0 Å². The molecule has 0 radical (unpaired) electrons. The molecule has 8 heteroatoms. The van der Waals surface area contributed by atoms with E-state index in [1.807, 2.05) is 0 Å². The zero-order chi connectivity index (χ0) is 10.5. The van der Waals surface area contributed by atoms with E-state index < -0.39 is 21.9 Å². The highest BCUT2D eigenvalue weighted by Crippen LogP contribution is 2.14. The summed E-state index contributed by atoms with van der Waals surface area (Å²) < 4.78 is 0. The maximum absolute atomic E-state index is 10.3. The van der Waals surface area contributed by atoms with Gasteiger partial charge in [0.25, 0.3) is 0 Å². The molecule has 0 aromatic carbocycles. The molecule has 0 rings (SSSR count). The Morgan fingerprint density at radius 3 is 2.15 bits per heavy atom. The Hall–Kier alpha value is -1.82. The number of hydrogen-bond acceptors (Lipinski definition) is 6. The molecule has 0 saturated carbocycles. The Kier molecular flexibility index (Phi) is 3.67. The molecular weight excluding hydrogens is 182 g/mol. The molecule has 8 nitrogen and oxygen atoms in total. The second kappa shape index (κ2) is 4.27. The minimum Gasteiger partial charge on any atom is -0.258 e. The standard InChI is InChI=1S/C5H7N3O5/c1-5(7(10)11,8(12)13)2-3-6-4-9/h2-3H2,1H3. The number of nitrogens with zero attached hydrogens (tertiary/aromatic N) is 3. The van der Waals surface area contributed by atoms with Crippen molar-refractivity contribution >= 4 is 6.08 Å². The fraction of sp³-hybridized carbons (Fsp3) is 0.800. The Morgan fingerprint density at radius 1 is 1.38 bits per heavy atom. The van der Waals surface area contributed by atoms with Gasteiger partial charge in [-0.05, 0) is 0 Å². The molecule has 0 heterocycles. The highest BCUT2D eigenvalue weighted by Gasteiger charge is 2.49. The predicted molar refractivity (Wildman–Crippen MR) is 40.0 cm³/mol. The average Bonchev–Trinajstić information content (AvgIpc) is 2.03. The van der Waals surface area contributed by atoms with Crippen LogP contribution in [0.5, 0.6) is 0 Å². The van der Waals surface area contributed by atoms with Gasteiger partial charge in [-0.25, -0.2) is 9.79 Å². The zero-order valence-corrected chi connectivity index (χ0v) is 6.80. The number of aliphatic imine (C=N–C) groups is 1. The molecule has 0 aromatic heterocycles. The third-order valence-electron chi connectivity index (χ3n) is 1.55. The van der Waals surface area contributed by atoms with E-state index in [4.69, 9.17) is 0 Å². The summed E-state index contributed by atoms with van der Waals surface area (Å²) in [4.78, 5) is 31.2. The van der Waals surface area contributed by atoms with Crippen LogP contribution in [-0.2, 0) is 4.79 Å². The first-order chi connectivity index (χ1) is 5.95. The van der Waals surface area contributed by atoms with Gasteiger partial charge in [-0.3, -0.25) is 20.2 Å². The summed E-state index contributed by atoms with van der Waals surface area (Å²) in [5.41, 5.74) is -2.28. The molecule has 0 aliphatic rings. The van der Waals surface area contributed by atoms with Crippen LogP contribution in [0.15, 0.2) is 4.99 Å². The maximum Gasteiger partial charge on any atom is 0.457 e. The van der Waals surface area contributed by atoms with Crippen LogP contribution in [0.4, 0.5) is 0 Å². The van der Waals surface area contributed by atoms with Crippen LogP contribution in [0.3, 0.4) is 0 Å². The monoisotopic (exact) mass is 189 g/mol. The largest absolute Gasteiger partial charge is 0.457 e. The van der Waals surface area contributed by atoms with Gasteiger partial charge in [0.05, 0.1) is 23.3 Å². The lowest BCUT2D eigenvalue weighted by Crippen LogP contribution is -2.43. The van der Waals surface area contributed by atoms with Crippen molar-refractivity contribution in [1.82, 2.24) is 0 Å². The molecule has 0 spiro atoms. The van der Waals surface area contributed by atoms with Crippen LogP contribution in [-0.4, -0.2) is 28.1 Å². The molecule has 0 unspecified atom stereocenters. The predicted octanol–water partition coefficient (Wildman–Crippen LogP) is -0.0181. The second-order valence-corrected chi connectivity index (χ2v) is 2.45. The van der Waals surface area contributed by atoms with E-state index in [0.717, 1.165) is 13.0 Å². The van der Waals surface area contributed by atoms with Crippen molar-refractivity contribution in [3.8, 4) is 0 Å². The van der Waals surface area contributed by atoms with E-state index in [0.29, 0.717) is 0 Å². The van der Waals surface area contributed by atoms with Gasteiger partial charge in [0.15, 0.2) is 0 Å².